The van der Waals surface area contributed by atoms with E-state index >= 15 is 0 Å². The van der Waals surface area contributed by atoms with Crippen LogP contribution in [0.25, 0.3) is 33.4 Å². The number of carbonyl (C=O) groups is 5. The zero-order chi connectivity index (χ0) is 49.8. The summed E-state index contributed by atoms with van der Waals surface area (Å²) in [5, 5.41) is 8.20. The molecule has 3 aliphatic heterocycles. The first-order valence-electron chi connectivity index (χ1n) is 24.4. The number of urea groups is 1. The van der Waals surface area contributed by atoms with Gasteiger partial charge in [0.1, 0.15) is 23.9 Å². The largest absolute Gasteiger partial charge is 0.378 e. The summed E-state index contributed by atoms with van der Waals surface area (Å²) in [5.41, 5.74) is 8.44. The molecule has 0 spiro atoms. The molecule has 0 unspecified atom stereocenters. The first-order chi connectivity index (χ1) is 32.9. The highest BCUT2D eigenvalue weighted by Gasteiger charge is 2.42. The van der Waals surface area contributed by atoms with Gasteiger partial charge in [0, 0.05) is 106 Å². The molecule has 18 heteroatoms. The standard InChI is InChI=1S/C51H72N10O7S/c1-11-60-41-16-15-35-26-37(41)38(46(60)36-14-12-19-52-44(36)34(4)67-10)28-50(5,6)31-68-32-51(30-62)18-13-20-61(55-51)48(65)39(27-42-53-40(35)29-69-42)54-47(64)45(33(2)3)57(9)49(66)59-24-22-58(23-25-59)43(63)17-21-56(7)8/h12,14-16,19,26,29-30,33-34,39,45,55H,11,13,17-18,20-25,27-28,31-32H2,1-10H3,(H,54,64)/t34-,39-,45-,51-/m0/s1. The maximum Gasteiger partial charge on any atom is 0.320 e. The van der Waals surface area contributed by atoms with Crippen LogP contribution in [0.5, 0.6) is 0 Å². The number of likely N-dealkylation sites (N-methyl/N-ethyl adjacent to an activating group) is 1. The van der Waals surface area contributed by atoms with Gasteiger partial charge >= 0.3 is 6.03 Å². The van der Waals surface area contributed by atoms with E-state index in [-0.39, 0.29) is 37.0 Å². The third-order valence-corrected chi connectivity index (χ3v) is 14.7. The number of benzene rings is 1. The van der Waals surface area contributed by atoms with Gasteiger partial charge in [-0.25, -0.2) is 15.2 Å². The number of aryl methyl sites for hydroxylation is 1. The van der Waals surface area contributed by atoms with Crippen LogP contribution in [0.2, 0.25) is 0 Å². The molecule has 0 saturated carbocycles. The smallest absolute Gasteiger partial charge is 0.320 e. The zero-order valence-electron chi connectivity index (χ0n) is 42.2. The number of aromatic nitrogens is 3. The van der Waals surface area contributed by atoms with Gasteiger partial charge in [0.2, 0.25) is 11.8 Å². The molecular formula is C51H72N10O7S. The van der Waals surface area contributed by atoms with E-state index in [1.54, 1.807) is 30.2 Å². The molecular weight excluding hydrogens is 897 g/mol. The third kappa shape index (κ3) is 11.4. The highest BCUT2D eigenvalue weighted by molar-refractivity contribution is 7.10. The number of nitrogens with zero attached hydrogens (tertiary/aromatic N) is 8. The topological polar surface area (TPSA) is 175 Å². The summed E-state index contributed by atoms with van der Waals surface area (Å²) in [6.45, 7) is 15.8. The molecule has 2 saturated heterocycles. The number of aldehydes is 1. The number of pyridine rings is 1. The Hall–Kier alpha value is -5.27. The molecule has 374 valence electrons. The van der Waals surface area contributed by atoms with Crippen molar-refractivity contribution in [3.63, 3.8) is 0 Å². The van der Waals surface area contributed by atoms with Crippen molar-refractivity contribution in [3.8, 4) is 22.5 Å². The molecule has 4 aromatic rings. The van der Waals surface area contributed by atoms with Crippen LogP contribution in [0.3, 0.4) is 0 Å². The van der Waals surface area contributed by atoms with Crippen LogP contribution in [-0.4, -0.2) is 168 Å². The highest BCUT2D eigenvalue weighted by atomic mass is 32.1. The Morgan fingerprint density at radius 3 is 2.48 bits per heavy atom. The van der Waals surface area contributed by atoms with Crippen molar-refractivity contribution >= 4 is 52.3 Å². The lowest BCUT2D eigenvalue weighted by Gasteiger charge is -2.42. The van der Waals surface area contributed by atoms with Crippen molar-refractivity contribution in [1.29, 1.82) is 0 Å². The summed E-state index contributed by atoms with van der Waals surface area (Å²) in [5.74, 6) is -1.17. The van der Waals surface area contributed by atoms with Crippen LogP contribution in [0, 0.1) is 11.3 Å². The lowest BCUT2D eigenvalue weighted by atomic mass is 9.84. The van der Waals surface area contributed by atoms with Gasteiger partial charge in [0.05, 0.1) is 41.4 Å². The van der Waals surface area contributed by atoms with Crippen molar-refractivity contribution in [1.82, 2.24) is 49.9 Å². The predicted octanol–water partition coefficient (Wildman–Crippen LogP) is 5.42. The lowest BCUT2D eigenvalue weighted by Crippen LogP contribution is -2.66. The van der Waals surface area contributed by atoms with Gasteiger partial charge in [-0.1, -0.05) is 33.8 Å². The van der Waals surface area contributed by atoms with E-state index in [4.69, 9.17) is 19.4 Å². The highest BCUT2D eigenvalue weighted by Crippen LogP contribution is 2.42. The molecule has 0 radical (unpaired) electrons. The van der Waals surface area contributed by atoms with Crippen LogP contribution in [0.1, 0.15) is 83.2 Å². The summed E-state index contributed by atoms with van der Waals surface area (Å²) in [7, 11) is 7.16. The monoisotopic (exact) mass is 969 g/mol. The third-order valence-electron chi connectivity index (χ3n) is 13.8. The van der Waals surface area contributed by atoms with Crippen molar-refractivity contribution in [2.45, 2.75) is 104 Å². The molecule has 1 aromatic carbocycles. The maximum absolute atomic E-state index is 14.8. The Bertz CT molecular complexity index is 2500. The maximum atomic E-state index is 14.8. The number of hydrogen-bond donors (Lipinski definition) is 2. The van der Waals surface area contributed by atoms with Crippen molar-refractivity contribution in [2.24, 2.45) is 11.3 Å². The normalized spacial score (nSPS) is 21.0. The Morgan fingerprint density at radius 1 is 1.06 bits per heavy atom. The molecule has 2 fully saturated rings. The van der Waals surface area contributed by atoms with Crippen LogP contribution < -0.4 is 10.7 Å². The first-order valence-corrected chi connectivity index (χ1v) is 25.2. The Balaban J connectivity index is 1.23. The molecule has 5 amide bonds. The van der Waals surface area contributed by atoms with Gasteiger partial charge < -0.3 is 43.8 Å². The van der Waals surface area contributed by atoms with E-state index in [9.17, 15) is 24.0 Å². The molecule has 2 N–H and O–H groups in total. The van der Waals surface area contributed by atoms with Gasteiger partial charge in [-0.15, -0.1) is 11.3 Å². The fourth-order valence-electron chi connectivity index (χ4n) is 10.1. The zero-order valence-corrected chi connectivity index (χ0v) is 43.0. The second kappa shape index (κ2) is 21.8. The molecule has 7 rings (SSSR count). The summed E-state index contributed by atoms with van der Waals surface area (Å²) in [4.78, 5) is 86.2. The summed E-state index contributed by atoms with van der Waals surface area (Å²) < 4.78 is 14.7. The van der Waals surface area contributed by atoms with Crippen LogP contribution in [-0.2, 0) is 48.0 Å². The van der Waals surface area contributed by atoms with Gasteiger partial charge in [-0.3, -0.25) is 24.4 Å². The number of hydrazine groups is 1. The van der Waals surface area contributed by atoms with Gasteiger partial charge in [-0.2, -0.15) is 0 Å². The van der Waals surface area contributed by atoms with E-state index in [1.807, 2.05) is 51.2 Å². The minimum Gasteiger partial charge on any atom is -0.378 e. The van der Waals surface area contributed by atoms with Crippen molar-refractivity contribution in [2.75, 3.05) is 80.7 Å². The first kappa shape index (κ1) is 51.6. The number of fused-ring (bicyclic) bond motifs is 6. The van der Waals surface area contributed by atoms with Gasteiger partial charge in [0.15, 0.2) is 0 Å². The SMILES string of the molecule is CCn1c(-c2cccnc2[C@H](C)OC)c2c3cc(ccc31)-c1csc(n1)C[C@H](NC(=O)[C@H](C(C)C)N(C)C(=O)N1CCN(C(=O)CCN(C)C)CC1)C(=O)N1CCC[C@](C=O)(COCC(C)(C)C2)N1. The summed E-state index contributed by atoms with van der Waals surface area (Å²) in [6, 6.07) is 8.16. The van der Waals surface area contributed by atoms with E-state index in [1.165, 1.54) is 21.2 Å². The molecule has 17 nitrogen and oxygen atoms in total. The fraction of sp³-hybridized carbons (Fsp3) is 0.588. The van der Waals surface area contributed by atoms with E-state index in [0.29, 0.717) is 83.1 Å². The number of carbonyl (C=O) groups excluding carboxylic acids is 5. The number of methoxy groups -OCH3 is 1. The predicted molar refractivity (Wildman–Crippen MR) is 267 cm³/mol. The molecule has 6 bridgehead atoms. The van der Waals surface area contributed by atoms with Crippen molar-refractivity contribution in [3.05, 3.63) is 58.2 Å². The van der Waals surface area contributed by atoms with E-state index < -0.39 is 34.9 Å². The van der Waals surface area contributed by atoms with Gasteiger partial charge in [-0.05, 0) is 88.4 Å². The quantitative estimate of drug-likeness (QED) is 0.174. The van der Waals surface area contributed by atoms with E-state index in [0.717, 1.165) is 51.0 Å². The summed E-state index contributed by atoms with van der Waals surface area (Å²) >= 11 is 1.41. The lowest BCUT2D eigenvalue weighted by molar-refractivity contribution is -0.147. The second-order valence-electron chi connectivity index (χ2n) is 20.3. The van der Waals surface area contributed by atoms with E-state index in [2.05, 4.69) is 60.3 Å². The minimum atomic E-state index is -1.19. The summed E-state index contributed by atoms with van der Waals surface area (Å²) in [6.07, 6.45) is 4.49. The number of nitrogens with one attached hydrogen (secondary N) is 2. The molecule has 69 heavy (non-hydrogen) atoms. The Labute approximate surface area is 410 Å². The average Bonchev–Trinajstić information content (AvgIpc) is 3.93. The minimum absolute atomic E-state index is 0.0310. The Morgan fingerprint density at radius 2 is 1.80 bits per heavy atom. The number of amides is 5. The number of hydrogen-bond acceptors (Lipinski definition) is 12. The second-order valence-corrected chi connectivity index (χ2v) is 21.3. The molecule has 3 aliphatic rings. The van der Waals surface area contributed by atoms with Crippen LogP contribution >= 0.6 is 11.3 Å². The Kier molecular flexibility index (Phi) is 16.3. The molecule has 6 heterocycles. The number of thiazole rings is 1. The van der Waals surface area contributed by atoms with Crippen LogP contribution in [0.15, 0.2) is 41.9 Å². The molecule has 4 atom stereocenters. The van der Waals surface area contributed by atoms with Crippen LogP contribution in [0.4, 0.5) is 4.79 Å². The van der Waals surface area contributed by atoms with Crippen molar-refractivity contribution < 1.29 is 33.4 Å². The molecule has 0 aliphatic carbocycles. The number of piperazine rings is 1. The van der Waals surface area contributed by atoms with Gasteiger partial charge in [0.25, 0.3) is 5.91 Å². The average molecular weight is 969 g/mol. The molecule has 3 aromatic heterocycles. The fourth-order valence-corrected chi connectivity index (χ4v) is 10.9. The number of rotatable bonds is 12. The number of ether oxygens (including phenoxy) is 2.